The van der Waals surface area contributed by atoms with Gasteiger partial charge < -0.3 is 9.80 Å². The summed E-state index contributed by atoms with van der Waals surface area (Å²) < 4.78 is 165. The minimum Gasteiger partial charge on any atom is -0.351 e. The van der Waals surface area contributed by atoms with Crippen molar-refractivity contribution in [1.29, 1.82) is 0 Å². The van der Waals surface area contributed by atoms with E-state index in [1.807, 2.05) is 0 Å². The van der Waals surface area contributed by atoms with Crippen LogP contribution in [0.1, 0.15) is 33.4 Å². The number of carbonyl (C=O) groups excluding carboxylic acids is 2. The lowest BCUT2D eigenvalue weighted by Crippen LogP contribution is -2.70. The van der Waals surface area contributed by atoms with Crippen LogP contribution in [-0.2, 0) is 47.4 Å². The molecule has 0 radical (unpaired) electrons. The summed E-state index contributed by atoms with van der Waals surface area (Å²) >= 11 is 0. The van der Waals surface area contributed by atoms with Crippen LogP contribution >= 0.6 is 0 Å². The number of anilines is 2. The SMILES string of the molecule is O=C1C(N(Cc2ccccc2)c2cc(C(F)(F)F)cc(C(F)(F)F)c2)C(=O)C1N(Cc1ccccc1)c1cc(C(F)(F)F)cc(C(F)(F)F)c1. The maximum atomic E-state index is 13.9. The summed E-state index contributed by atoms with van der Waals surface area (Å²) in [5.74, 6) is -2.36. The van der Waals surface area contributed by atoms with Crippen LogP contribution in [0.2, 0.25) is 0 Å². The first-order chi connectivity index (χ1) is 23.1. The molecule has 0 heterocycles. The van der Waals surface area contributed by atoms with Gasteiger partial charge in [0.15, 0.2) is 23.7 Å². The van der Waals surface area contributed by atoms with Gasteiger partial charge in [0.2, 0.25) is 0 Å². The Bertz CT molecular complexity index is 1650. The quantitative estimate of drug-likeness (QED) is 0.135. The highest BCUT2D eigenvalue weighted by molar-refractivity contribution is 6.33. The molecule has 0 aliphatic heterocycles. The molecule has 264 valence electrons. The molecule has 1 aliphatic carbocycles. The second-order valence-electron chi connectivity index (χ2n) is 11.4. The highest BCUT2D eigenvalue weighted by atomic mass is 19.4. The largest absolute Gasteiger partial charge is 0.416 e. The second kappa shape index (κ2) is 13.0. The zero-order valence-electron chi connectivity index (χ0n) is 25.1. The predicted octanol–water partition coefficient (Wildman–Crippen LogP) is 9.36. The second-order valence-corrected chi connectivity index (χ2v) is 11.4. The molecule has 50 heavy (non-hydrogen) atoms. The highest BCUT2D eigenvalue weighted by Crippen LogP contribution is 2.43. The first kappa shape index (κ1) is 36.3. The maximum absolute atomic E-state index is 13.9. The Morgan fingerprint density at radius 2 is 0.680 bits per heavy atom. The molecule has 0 saturated heterocycles. The lowest BCUT2D eigenvalue weighted by atomic mass is 9.79. The molecule has 1 saturated carbocycles. The zero-order valence-corrected chi connectivity index (χ0v) is 25.1. The van der Waals surface area contributed by atoms with Crippen molar-refractivity contribution in [3.63, 3.8) is 0 Å². The molecule has 4 aromatic carbocycles. The summed E-state index contributed by atoms with van der Waals surface area (Å²) in [7, 11) is 0. The van der Waals surface area contributed by atoms with Crippen LogP contribution < -0.4 is 9.80 Å². The van der Waals surface area contributed by atoms with Gasteiger partial charge in [-0.25, -0.2) is 0 Å². The normalized spacial score (nSPS) is 17.0. The van der Waals surface area contributed by atoms with Gasteiger partial charge in [-0.15, -0.1) is 0 Å². The van der Waals surface area contributed by atoms with Gasteiger partial charge in [0.1, 0.15) is 0 Å². The van der Waals surface area contributed by atoms with Gasteiger partial charge in [0.25, 0.3) is 0 Å². The Balaban J connectivity index is 1.64. The molecule has 4 nitrogen and oxygen atoms in total. The fraction of sp³-hybridized carbons (Fsp3) is 0.235. The molecule has 1 fully saturated rings. The number of alkyl halides is 12. The van der Waals surface area contributed by atoms with Crippen LogP contribution in [0.5, 0.6) is 0 Å². The van der Waals surface area contributed by atoms with Crippen molar-refractivity contribution < 1.29 is 62.3 Å². The van der Waals surface area contributed by atoms with Crippen molar-refractivity contribution in [2.24, 2.45) is 0 Å². The first-order valence-corrected chi connectivity index (χ1v) is 14.4. The van der Waals surface area contributed by atoms with Crippen LogP contribution in [-0.4, -0.2) is 23.7 Å². The molecule has 0 amide bonds. The number of nitrogens with zero attached hydrogens (tertiary/aromatic N) is 2. The number of Topliss-reactive ketones (excluding diaryl/α,β-unsaturated/α-hetero) is 2. The molecule has 4 aromatic rings. The van der Waals surface area contributed by atoms with E-state index in [0.717, 1.165) is 0 Å². The van der Waals surface area contributed by atoms with Gasteiger partial charge in [0, 0.05) is 24.5 Å². The van der Waals surface area contributed by atoms with Gasteiger partial charge in [-0.3, -0.25) is 9.59 Å². The van der Waals surface area contributed by atoms with E-state index in [4.69, 9.17) is 0 Å². The number of hydrogen-bond acceptors (Lipinski definition) is 4. The number of benzene rings is 4. The van der Waals surface area contributed by atoms with Crippen molar-refractivity contribution in [1.82, 2.24) is 0 Å². The smallest absolute Gasteiger partial charge is 0.351 e. The molecule has 1 aliphatic rings. The van der Waals surface area contributed by atoms with E-state index in [1.165, 1.54) is 48.5 Å². The maximum Gasteiger partial charge on any atom is 0.416 e. The minimum atomic E-state index is -5.29. The Labute approximate surface area is 275 Å². The van der Waals surface area contributed by atoms with Crippen molar-refractivity contribution >= 4 is 22.9 Å². The van der Waals surface area contributed by atoms with Crippen LogP contribution in [0.4, 0.5) is 64.1 Å². The van der Waals surface area contributed by atoms with E-state index in [2.05, 4.69) is 0 Å². The summed E-state index contributed by atoms with van der Waals surface area (Å²) in [4.78, 5) is 29.2. The molecule has 0 aromatic heterocycles. The number of halogens is 12. The molecule has 16 heteroatoms. The molecule has 0 bridgehead atoms. The predicted molar refractivity (Wildman–Crippen MR) is 156 cm³/mol. The van der Waals surface area contributed by atoms with Crippen LogP contribution in [0, 0.1) is 0 Å². The highest BCUT2D eigenvalue weighted by Gasteiger charge is 2.56. The van der Waals surface area contributed by atoms with E-state index in [-0.39, 0.29) is 23.3 Å². The fourth-order valence-electron chi connectivity index (χ4n) is 5.53. The zero-order chi connectivity index (χ0) is 36.8. The summed E-state index contributed by atoms with van der Waals surface area (Å²) in [6, 6.07) is 11.5. The van der Waals surface area contributed by atoms with Gasteiger partial charge in [0.05, 0.1) is 22.3 Å². The van der Waals surface area contributed by atoms with E-state index in [1.54, 1.807) is 12.1 Å². The van der Waals surface area contributed by atoms with E-state index >= 15 is 0 Å². The third-order valence-corrected chi connectivity index (χ3v) is 7.90. The summed E-state index contributed by atoms with van der Waals surface area (Å²) in [6.45, 7) is -1.15. The molecule has 0 spiro atoms. The Kier molecular flexibility index (Phi) is 9.45. The Morgan fingerprint density at radius 3 is 0.920 bits per heavy atom. The average Bonchev–Trinajstić information content (AvgIpc) is 3.03. The number of hydrogen-bond donors (Lipinski definition) is 0. The minimum absolute atomic E-state index is 0.148. The average molecular weight is 719 g/mol. The summed E-state index contributed by atoms with van der Waals surface area (Å²) in [5.41, 5.74) is -8.14. The molecule has 0 N–H and O–H groups in total. The van der Waals surface area contributed by atoms with E-state index in [9.17, 15) is 62.3 Å². The van der Waals surface area contributed by atoms with E-state index in [0.29, 0.717) is 34.1 Å². The van der Waals surface area contributed by atoms with E-state index < -0.39 is 95.1 Å². The first-order valence-electron chi connectivity index (χ1n) is 14.4. The summed E-state index contributed by atoms with van der Waals surface area (Å²) in [6.07, 6.45) is -21.2. The van der Waals surface area contributed by atoms with Gasteiger partial charge >= 0.3 is 24.7 Å². The van der Waals surface area contributed by atoms with Crippen molar-refractivity contribution in [3.8, 4) is 0 Å². The Morgan fingerprint density at radius 1 is 0.420 bits per heavy atom. The van der Waals surface area contributed by atoms with Gasteiger partial charge in [-0.1, -0.05) is 60.7 Å². The van der Waals surface area contributed by atoms with Crippen molar-refractivity contribution in [2.75, 3.05) is 9.80 Å². The molecular weight excluding hydrogens is 696 g/mol. The molecule has 5 rings (SSSR count). The van der Waals surface area contributed by atoms with Crippen LogP contribution in [0.3, 0.4) is 0 Å². The third kappa shape index (κ3) is 7.73. The van der Waals surface area contributed by atoms with Crippen LogP contribution in [0.15, 0.2) is 97.1 Å². The lowest BCUT2D eigenvalue weighted by Gasteiger charge is -2.46. The topological polar surface area (TPSA) is 40.6 Å². The molecule has 0 atom stereocenters. The standard InChI is InChI=1S/C34H22F12N2O2/c35-31(36,37)21-11-22(32(38,39)40)14-25(13-21)47(17-19-7-3-1-4-8-19)27-29(49)28(30(27)50)48(18-20-9-5-2-6-10-20)26-15-23(33(41,42)43)12-24(16-26)34(44,45)46/h1-16,27-28H,17-18H2. The monoisotopic (exact) mass is 718 g/mol. The number of rotatable bonds is 8. The number of carbonyl (C=O) groups is 2. The van der Waals surface area contributed by atoms with Crippen molar-refractivity contribution in [2.45, 2.75) is 49.9 Å². The third-order valence-electron chi connectivity index (χ3n) is 7.90. The van der Waals surface area contributed by atoms with Gasteiger partial charge in [-0.2, -0.15) is 52.7 Å². The van der Waals surface area contributed by atoms with Gasteiger partial charge in [-0.05, 0) is 47.5 Å². The number of ketones is 2. The molecule has 0 unspecified atom stereocenters. The lowest BCUT2D eigenvalue weighted by molar-refractivity contribution is -0.144. The summed E-state index contributed by atoms with van der Waals surface area (Å²) in [5, 5.41) is 0. The van der Waals surface area contributed by atoms with Crippen LogP contribution in [0.25, 0.3) is 0 Å². The molecular formula is C34H22F12N2O2. The van der Waals surface area contributed by atoms with Crippen molar-refractivity contribution in [3.05, 3.63) is 130 Å². The fourth-order valence-corrected chi connectivity index (χ4v) is 5.53. The Hall–Kier alpha value is -5.02.